The quantitative estimate of drug-likeness (QED) is 0.649. The number of methoxy groups -OCH3 is 1. The van der Waals surface area contributed by atoms with Gasteiger partial charge in [-0.2, -0.15) is 5.10 Å². The smallest absolute Gasteiger partial charge is 0.358 e. The van der Waals surface area contributed by atoms with Crippen molar-refractivity contribution in [1.82, 2.24) is 9.78 Å². The minimum Gasteiger partial charge on any atom is -0.464 e. The Kier molecular flexibility index (Phi) is 4.37. The topological polar surface area (TPSA) is 44.1 Å². The van der Waals surface area contributed by atoms with Gasteiger partial charge in [-0.15, -0.1) is 0 Å². The van der Waals surface area contributed by atoms with Gasteiger partial charge in [-0.3, -0.25) is 0 Å². The third kappa shape index (κ3) is 3.23. The molecule has 0 aliphatic carbocycles. The van der Waals surface area contributed by atoms with Crippen LogP contribution in [0.2, 0.25) is 10.0 Å². The van der Waals surface area contributed by atoms with Crippen LogP contribution in [0.1, 0.15) is 10.5 Å². The summed E-state index contributed by atoms with van der Waals surface area (Å²) in [5, 5.41) is 5.61. The summed E-state index contributed by atoms with van der Waals surface area (Å²) in [4.78, 5) is 11.8. The van der Waals surface area contributed by atoms with E-state index in [2.05, 4.69) is 5.10 Å². The van der Waals surface area contributed by atoms with Crippen molar-refractivity contribution in [2.75, 3.05) is 7.11 Å². The number of hydrogen-bond donors (Lipinski definition) is 0. The highest BCUT2D eigenvalue weighted by Crippen LogP contribution is 2.26. The van der Waals surface area contributed by atoms with Crippen LogP contribution in [0.4, 0.5) is 0 Å². The molecule has 4 nitrogen and oxygen atoms in total. The fraction of sp³-hybridized carbons (Fsp3) is 0.0588. The molecule has 0 atom stereocenters. The summed E-state index contributed by atoms with van der Waals surface area (Å²) in [5.41, 5.74) is 2.65. The minimum absolute atomic E-state index is 0.229. The number of benzene rings is 2. The number of rotatable bonds is 3. The van der Waals surface area contributed by atoms with Gasteiger partial charge in [0.2, 0.25) is 0 Å². The number of hydrogen-bond acceptors (Lipinski definition) is 3. The normalized spacial score (nSPS) is 10.6. The van der Waals surface area contributed by atoms with E-state index in [1.165, 1.54) is 7.11 Å². The van der Waals surface area contributed by atoms with Crippen molar-refractivity contribution in [2.24, 2.45) is 0 Å². The van der Waals surface area contributed by atoms with Gasteiger partial charge in [0.15, 0.2) is 5.69 Å². The zero-order valence-corrected chi connectivity index (χ0v) is 13.7. The van der Waals surface area contributed by atoms with Gasteiger partial charge in [-0.1, -0.05) is 35.3 Å². The van der Waals surface area contributed by atoms with Crippen molar-refractivity contribution in [3.63, 3.8) is 0 Å². The summed E-state index contributed by atoms with van der Waals surface area (Å²) in [6.45, 7) is 0. The predicted octanol–water partition coefficient (Wildman–Crippen LogP) is 4.63. The predicted molar refractivity (Wildman–Crippen MR) is 90.4 cm³/mol. The molecule has 3 rings (SSSR count). The van der Waals surface area contributed by atoms with Gasteiger partial charge in [0.05, 0.1) is 18.5 Å². The third-order valence-corrected chi connectivity index (χ3v) is 3.82. The number of carbonyl (C=O) groups excluding carboxylic acids is 1. The molecule has 0 aliphatic heterocycles. The second-order valence-electron chi connectivity index (χ2n) is 4.80. The highest BCUT2D eigenvalue weighted by Gasteiger charge is 2.17. The van der Waals surface area contributed by atoms with Crippen LogP contribution in [0.25, 0.3) is 16.9 Å². The first-order chi connectivity index (χ1) is 11.1. The largest absolute Gasteiger partial charge is 0.464 e. The average Bonchev–Trinajstić information content (AvgIpc) is 3.01. The molecule has 6 heteroatoms. The highest BCUT2D eigenvalue weighted by molar-refractivity contribution is 6.30. The summed E-state index contributed by atoms with van der Waals surface area (Å²) < 4.78 is 6.43. The molecule has 3 aromatic rings. The maximum Gasteiger partial charge on any atom is 0.358 e. The summed E-state index contributed by atoms with van der Waals surface area (Å²) in [6, 6.07) is 16.2. The summed E-state index contributed by atoms with van der Waals surface area (Å²) in [5.74, 6) is -0.493. The molecule has 0 saturated heterocycles. The van der Waals surface area contributed by atoms with E-state index in [1.807, 2.05) is 24.3 Å². The van der Waals surface area contributed by atoms with Crippen molar-refractivity contribution in [3.8, 4) is 16.9 Å². The number of esters is 1. The van der Waals surface area contributed by atoms with Crippen LogP contribution in [-0.2, 0) is 4.74 Å². The Morgan fingerprint density at radius 1 is 1.00 bits per heavy atom. The maximum atomic E-state index is 11.8. The standard InChI is InChI=1S/C17H12Cl2N2O2/c1-23-17(22)15-10-16(11-2-4-12(18)5-3-11)21(20-15)14-8-6-13(19)7-9-14/h2-10H,1H3. The van der Waals surface area contributed by atoms with E-state index in [-0.39, 0.29) is 5.69 Å². The van der Waals surface area contributed by atoms with Crippen LogP contribution in [0.3, 0.4) is 0 Å². The molecule has 2 aromatic carbocycles. The molecule has 0 bridgehead atoms. The molecule has 0 saturated carbocycles. The van der Waals surface area contributed by atoms with E-state index in [0.29, 0.717) is 10.0 Å². The first-order valence-electron chi connectivity index (χ1n) is 6.79. The number of ether oxygens (including phenoxy) is 1. The van der Waals surface area contributed by atoms with Gasteiger partial charge in [-0.05, 0) is 42.5 Å². The Bertz CT molecular complexity index is 777. The lowest BCUT2D eigenvalue weighted by atomic mass is 10.1. The van der Waals surface area contributed by atoms with Crippen molar-refractivity contribution < 1.29 is 9.53 Å². The molecule has 116 valence electrons. The van der Waals surface area contributed by atoms with Gasteiger partial charge in [0, 0.05) is 15.6 Å². The van der Waals surface area contributed by atoms with Crippen LogP contribution >= 0.6 is 23.2 Å². The molecule has 23 heavy (non-hydrogen) atoms. The highest BCUT2D eigenvalue weighted by atomic mass is 35.5. The molecule has 0 fully saturated rings. The fourth-order valence-corrected chi connectivity index (χ4v) is 2.44. The van der Waals surface area contributed by atoms with Crippen molar-refractivity contribution in [3.05, 3.63) is 70.3 Å². The van der Waals surface area contributed by atoms with Crippen LogP contribution in [-0.4, -0.2) is 22.9 Å². The zero-order valence-electron chi connectivity index (χ0n) is 12.2. The Morgan fingerprint density at radius 2 is 1.57 bits per heavy atom. The van der Waals surface area contributed by atoms with Gasteiger partial charge >= 0.3 is 5.97 Å². The van der Waals surface area contributed by atoms with Crippen molar-refractivity contribution in [1.29, 1.82) is 0 Å². The van der Waals surface area contributed by atoms with Crippen LogP contribution < -0.4 is 0 Å². The van der Waals surface area contributed by atoms with E-state index in [4.69, 9.17) is 27.9 Å². The lowest BCUT2D eigenvalue weighted by molar-refractivity contribution is 0.0593. The van der Waals surface area contributed by atoms with Crippen LogP contribution in [0, 0.1) is 0 Å². The monoisotopic (exact) mass is 346 g/mol. The fourth-order valence-electron chi connectivity index (χ4n) is 2.19. The molecular formula is C17H12Cl2N2O2. The van der Waals surface area contributed by atoms with Crippen LogP contribution in [0.15, 0.2) is 54.6 Å². The number of carbonyl (C=O) groups is 1. The molecule has 1 aromatic heterocycles. The maximum absolute atomic E-state index is 11.8. The summed E-state index contributed by atoms with van der Waals surface area (Å²) >= 11 is 11.9. The molecule has 0 spiro atoms. The summed E-state index contributed by atoms with van der Waals surface area (Å²) in [7, 11) is 1.33. The third-order valence-electron chi connectivity index (χ3n) is 3.32. The van der Waals surface area contributed by atoms with Gasteiger partial charge in [-0.25, -0.2) is 9.48 Å². The van der Waals surface area contributed by atoms with E-state index in [9.17, 15) is 4.79 Å². The molecule has 0 aliphatic rings. The van der Waals surface area contributed by atoms with E-state index >= 15 is 0 Å². The van der Waals surface area contributed by atoms with Crippen molar-refractivity contribution >= 4 is 29.2 Å². The Balaban J connectivity index is 2.16. The first-order valence-corrected chi connectivity index (χ1v) is 7.54. The lowest BCUT2D eigenvalue weighted by Crippen LogP contribution is -2.04. The SMILES string of the molecule is COC(=O)c1cc(-c2ccc(Cl)cc2)n(-c2ccc(Cl)cc2)n1. The van der Waals surface area contributed by atoms with E-state index in [1.54, 1.807) is 35.0 Å². The lowest BCUT2D eigenvalue weighted by Gasteiger charge is -2.07. The molecule has 0 amide bonds. The zero-order chi connectivity index (χ0) is 16.4. The number of aromatic nitrogens is 2. The second kappa shape index (κ2) is 6.44. The van der Waals surface area contributed by atoms with E-state index in [0.717, 1.165) is 16.9 Å². The molecule has 1 heterocycles. The van der Waals surface area contributed by atoms with Gasteiger partial charge in [0.1, 0.15) is 0 Å². The van der Waals surface area contributed by atoms with E-state index < -0.39 is 5.97 Å². The van der Waals surface area contributed by atoms with Gasteiger partial charge < -0.3 is 4.74 Å². The number of nitrogens with zero attached hydrogens (tertiary/aromatic N) is 2. The van der Waals surface area contributed by atoms with Gasteiger partial charge in [0.25, 0.3) is 0 Å². The average molecular weight is 347 g/mol. The molecular weight excluding hydrogens is 335 g/mol. The summed E-state index contributed by atoms with van der Waals surface area (Å²) in [6.07, 6.45) is 0. The Labute approximate surface area is 143 Å². The molecule has 0 N–H and O–H groups in total. The number of halogens is 2. The second-order valence-corrected chi connectivity index (χ2v) is 5.67. The van der Waals surface area contributed by atoms with Crippen LogP contribution in [0.5, 0.6) is 0 Å². The Hall–Kier alpha value is -2.30. The molecule has 0 radical (unpaired) electrons. The molecule has 0 unspecified atom stereocenters. The first kappa shape index (κ1) is 15.6. The Morgan fingerprint density at radius 3 is 2.13 bits per heavy atom. The van der Waals surface area contributed by atoms with Crippen molar-refractivity contribution in [2.45, 2.75) is 0 Å². The minimum atomic E-state index is -0.493.